The van der Waals surface area contributed by atoms with Crippen LogP contribution in [0, 0.1) is 14.0 Å². The molecule has 88 valence electrons. The summed E-state index contributed by atoms with van der Waals surface area (Å²) in [5.74, 6) is 0. The number of nitrogens with zero attached hydrogens (tertiary/aromatic N) is 2. The van der Waals surface area contributed by atoms with Crippen LogP contribution < -0.4 is 4.90 Å². The van der Waals surface area contributed by atoms with Crippen LogP contribution in [0.2, 0.25) is 0 Å². The van der Waals surface area contributed by atoms with Crippen LogP contribution in [0.15, 0.2) is 30.7 Å². The number of aromatic nitrogens is 2. The Morgan fingerprint density at radius 3 is 3.12 bits per heavy atom. The Hall–Kier alpha value is -1.61. The van der Waals surface area contributed by atoms with Gasteiger partial charge in [0.05, 0.1) is 18.6 Å². The lowest BCUT2D eigenvalue weighted by Crippen LogP contribution is -3.00. The van der Waals surface area contributed by atoms with E-state index in [-0.39, 0.29) is 0 Å². The lowest BCUT2D eigenvalue weighted by molar-refractivity contribution is -0.775. The molecule has 2 heterocycles. The van der Waals surface area contributed by atoms with Crippen LogP contribution in [0.3, 0.4) is 0 Å². The summed E-state index contributed by atoms with van der Waals surface area (Å²) < 4.78 is 2.14. The monoisotopic (exact) mass is 227 g/mol. The van der Waals surface area contributed by atoms with Gasteiger partial charge in [0, 0.05) is 24.7 Å². The maximum Gasteiger partial charge on any atom is 0.108 e. The molecule has 0 aliphatic carbocycles. The third kappa shape index (κ3) is 1.87. The molecule has 1 unspecified atom stereocenters. The molecule has 0 saturated carbocycles. The first-order valence-corrected chi connectivity index (χ1v) is 6.01. The van der Waals surface area contributed by atoms with E-state index in [0.717, 1.165) is 25.2 Å². The average Bonchev–Trinajstić information content (AvgIpc) is 2.88. The predicted octanol–water partition coefficient (Wildman–Crippen LogP) is 1.10. The van der Waals surface area contributed by atoms with Gasteiger partial charge in [0.2, 0.25) is 0 Å². The predicted molar refractivity (Wildman–Crippen MR) is 67.1 cm³/mol. The van der Waals surface area contributed by atoms with E-state index in [0.29, 0.717) is 0 Å². The summed E-state index contributed by atoms with van der Waals surface area (Å²) >= 11 is 0. The molecule has 0 spiro atoms. The summed E-state index contributed by atoms with van der Waals surface area (Å²) in [4.78, 5) is 5.55. The van der Waals surface area contributed by atoms with Crippen molar-refractivity contribution in [3.8, 4) is 0 Å². The highest BCUT2D eigenvalue weighted by atomic mass is 15.1. The maximum atomic E-state index is 4.27. The fraction of sp³-hybridized carbons (Fsp3) is 0.286. The highest BCUT2D eigenvalue weighted by Crippen LogP contribution is 2.21. The zero-order valence-electron chi connectivity index (χ0n) is 10.1. The standard InChI is InChI=1S/C14H17N3/c1-11-8-17(10-15-11)9-12-4-3-5-14-13(12)6-7-16(14)2/h3-5,8,10,16H,2,6-7,9H2,1H3. The Balaban J connectivity index is 1.94. The molecule has 1 aromatic carbocycles. The summed E-state index contributed by atoms with van der Waals surface area (Å²) in [7, 11) is 4.13. The van der Waals surface area contributed by atoms with E-state index in [9.17, 15) is 0 Å². The third-order valence-corrected chi connectivity index (χ3v) is 3.45. The number of hydrogen-bond acceptors (Lipinski definition) is 1. The van der Waals surface area contributed by atoms with Gasteiger partial charge in [-0.15, -0.1) is 7.05 Å². The van der Waals surface area contributed by atoms with Crippen LogP contribution in [0.4, 0.5) is 5.69 Å². The minimum atomic E-state index is 0.914. The van der Waals surface area contributed by atoms with Crippen LogP contribution in [-0.4, -0.2) is 16.1 Å². The van der Waals surface area contributed by atoms with Crippen molar-refractivity contribution in [3.05, 3.63) is 54.6 Å². The third-order valence-electron chi connectivity index (χ3n) is 3.45. The van der Waals surface area contributed by atoms with E-state index in [1.54, 1.807) is 0 Å². The molecule has 0 saturated heterocycles. The van der Waals surface area contributed by atoms with Crippen molar-refractivity contribution in [2.24, 2.45) is 0 Å². The van der Waals surface area contributed by atoms with Gasteiger partial charge in [-0.05, 0) is 18.6 Å². The van der Waals surface area contributed by atoms with Gasteiger partial charge in [0.15, 0.2) is 0 Å². The van der Waals surface area contributed by atoms with Crippen molar-refractivity contribution in [3.63, 3.8) is 0 Å². The molecule has 1 N–H and O–H groups in total. The fourth-order valence-electron chi connectivity index (χ4n) is 2.57. The van der Waals surface area contributed by atoms with Gasteiger partial charge >= 0.3 is 0 Å². The van der Waals surface area contributed by atoms with E-state index in [4.69, 9.17) is 0 Å². The smallest absolute Gasteiger partial charge is 0.108 e. The van der Waals surface area contributed by atoms with E-state index in [2.05, 4.69) is 41.0 Å². The molecule has 0 bridgehead atoms. The molecule has 3 nitrogen and oxygen atoms in total. The molecule has 3 heteroatoms. The van der Waals surface area contributed by atoms with Crippen molar-refractivity contribution < 1.29 is 4.90 Å². The molecular weight excluding hydrogens is 210 g/mol. The number of hydrogen-bond donors (Lipinski definition) is 1. The summed E-state index contributed by atoms with van der Waals surface area (Å²) in [6, 6.07) is 6.54. The van der Waals surface area contributed by atoms with Crippen molar-refractivity contribution >= 4 is 5.69 Å². The highest BCUT2D eigenvalue weighted by Gasteiger charge is 2.20. The molecular formula is C14H17N3. The number of aryl methyl sites for hydroxylation is 1. The maximum absolute atomic E-state index is 4.27. The normalized spacial score (nSPS) is 18.4. The Kier molecular flexibility index (Phi) is 2.48. The van der Waals surface area contributed by atoms with Crippen LogP contribution in [0.5, 0.6) is 0 Å². The zero-order valence-corrected chi connectivity index (χ0v) is 10.1. The lowest BCUT2D eigenvalue weighted by atomic mass is 10.1. The Morgan fingerprint density at radius 2 is 2.35 bits per heavy atom. The second-order valence-corrected chi connectivity index (χ2v) is 4.73. The molecule has 1 aliphatic heterocycles. The fourth-order valence-corrected chi connectivity index (χ4v) is 2.57. The van der Waals surface area contributed by atoms with Crippen molar-refractivity contribution in [1.29, 1.82) is 0 Å². The van der Waals surface area contributed by atoms with Gasteiger partial charge in [0.25, 0.3) is 0 Å². The Bertz CT molecular complexity index is 542. The molecule has 1 atom stereocenters. The minimum Gasteiger partial charge on any atom is -0.434 e. The summed E-state index contributed by atoms with van der Waals surface area (Å²) in [5, 5.41) is 0. The SMILES string of the molecule is [CH2-][NH+]1CCc2c(Cn3cnc(C)c3)cccc21. The van der Waals surface area contributed by atoms with Gasteiger partial charge < -0.3 is 9.47 Å². The molecule has 17 heavy (non-hydrogen) atoms. The van der Waals surface area contributed by atoms with Crippen LogP contribution in [0.25, 0.3) is 0 Å². The minimum absolute atomic E-state index is 0.914. The molecule has 0 amide bonds. The number of nitrogens with one attached hydrogen (secondary N) is 1. The first-order valence-electron chi connectivity index (χ1n) is 6.01. The van der Waals surface area contributed by atoms with E-state index in [1.807, 2.05) is 13.3 Å². The average molecular weight is 227 g/mol. The van der Waals surface area contributed by atoms with Gasteiger partial charge in [-0.2, -0.15) is 0 Å². The largest absolute Gasteiger partial charge is 0.434 e. The quantitative estimate of drug-likeness (QED) is 0.763. The van der Waals surface area contributed by atoms with Gasteiger partial charge in [-0.25, -0.2) is 4.98 Å². The highest BCUT2D eigenvalue weighted by molar-refractivity contribution is 5.47. The zero-order chi connectivity index (χ0) is 11.8. The van der Waals surface area contributed by atoms with E-state index >= 15 is 0 Å². The van der Waals surface area contributed by atoms with Gasteiger partial charge in [-0.1, -0.05) is 12.1 Å². The number of fused-ring (bicyclic) bond motifs is 1. The van der Waals surface area contributed by atoms with Crippen molar-refractivity contribution in [2.75, 3.05) is 6.54 Å². The second-order valence-electron chi connectivity index (χ2n) is 4.73. The topological polar surface area (TPSA) is 22.3 Å². The number of benzene rings is 1. The number of imidazole rings is 1. The molecule has 3 rings (SSSR count). The van der Waals surface area contributed by atoms with Crippen molar-refractivity contribution in [2.45, 2.75) is 19.9 Å². The first kappa shape index (κ1) is 10.5. The molecule has 0 fully saturated rings. The van der Waals surface area contributed by atoms with Gasteiger partial charge in [-0.3, -0.25) is 0 Å². The summed E-state index contributed by atoms with van der Waals surface area (Å²) in [6.07, 6.45) is 5.12. The number of quaternary nitrogens is 1. The lowest BCUT2D eigenvalue weighted by Gasteiger charge is -2.14. The molecule has 2 aromatic rings. The van der Waals surface area contributed by atoms with E-state index in [1.165, 1.54) is 21.7 Å². The second kappa shape index (κ2) is 4.00. The van der Waals surface area contributed by atoms with Gasteiger partial charge in [0.1, 0.15) is 5.69 Å². The van der Waals surface area contributed by atoms with Crippen LogP contribution >= 0.6 is 0 Å². The molecule has 1 aromatic heterocycles. The van der Waals surface area contributed by atoms with Crippen molar-refractivity contribution in [1.82, 2.24) is 9.55 Å². The Morgan fingerprint density at radius 1 is 1.47 bits per heavy atom. The molecule has 0 radical (unpaired) electrons. The summed E-state index contributed by atoms with van der Waals surface area (Å²) in [6.45, 7) is 4.04. The number of rotatable bonds is 2. The van der Waals surface area contributed by atoms with E-state index < -0.39 is 0 Å². The Labute approximate surface area is 102 Å². The van der Waals surface area contributed by atoms with Crippen LogP contribution in [0.1, 0.15) is 16.8 Å². The first-order chi connectivity index (χ1) is 8.24. The molecule has 1 aliphatic rings. The van der Waals surface area contributed by atoms with Crippen LogP contribution in [-0.2, 0) is 13.0 Å². The summed E-state index contributed by atoms with van der Waals surface area (Å²) in [5.41, 5.74) is 5.31.